The summed E-state index contributed by atoms with van der Waals surface area (Å²) in [6.45, 7) is 3.23. The standard InChI is InChI=1S/C20H25N3O2S.HI/c1-16-7-9-17(10-8-16)13-21-20(23-19-5-3-2-4-6-19)22-14-18-11-12-26(24,25)15-18;/h2-10,18H,11-15H2,1H3,(H2,21,22,23);1H. The van der Waals surface area contributed by atoms with Crippen LogP contribution < -0.4 is 10.6 Å². The zero-order valence-electron chi connectivity index (χ0n) is 15.4. The lowest BCUT2D eigenvalue weighted by Crippen LogP contribution is -2.35. The highest BCUT2D eigenvalue weighted by molar-refractivity contribution is 14.0. The summed E-state index contributed by atoms with van der Waals surface area (Å²) in [5.41, 5.74) is 3.30. The molecular formula is C20H26IN3O2S. The zero-order chi connectivity index (χ0) is 18.4. The third-order valence-electron chi connectivity index (χ3n) is 4.46. The number of nitrogens with zero attached hydrogens (tertiary/aromatic N) is 1. The van der Waals surface area contributed by atoms with E-state index in [1.165, 1.54) is 5.56 Å². The minimum atomic E-state index is -2.86. The Hall–Kier alpha value is -1.61. The normalized spacial score (nSPS) is 18.6. The molecule has 0 aromatic heterocycles. The molecule has 0 aliphatic carbocycles. The van der Waals surface area contributed by atoms with Gasteiger partial charge in [-0.05, 0) is 37.0 Å². The van der Waals surface area contributed by atoms with Crippen LogP contribution in [-0.2, 0) is 16.4 Å². The van der Waals surface area contributed by atoms with Crippen molar-refractivity contribution in [3.05, 3.63) is 65.7 Å². The van der Waals surface area contributed by atoms with E-state index >= 15 is 0 Å². The number of benzene rings is 2. The number of nitrogens with one attached hydrogen (secondary N) is 2. The lowest BCUT2D eigenvalue weighted by atomic mass is 10.1. The minimum Gasteiger partial charge on any atom is -0.356 e. The molecule has 5 nitrogen and oxygen atoms in total. The van der Waals surface area contributed by atoms with Gasteiger partial charge in [0.1, 0.15) is 0 Å². The van der Waals surface area contributed by atoms with Gasteiger partial charge in [-0.1, -0.05) is 48.0 Å². The number of sulfone groups is 1. The topological polar surface area (TPSA) is 70.6 Å². The maximum absolute atomic E-state index is 11.6. The Kier molecular flexibility index (Phi) is 8.09. The molecule has 1 fully saturated rings. The molecule has 0 bridgehead atoms. The molecule has 2 aromatic rings. The number of guanidine groups is 1. The zero-order valence-corrected chi connectivity index (χ0v) is 18.5. The van der Waals surface area contributed by atoms with Crippen LogP contribution in [0.3, 0.4) is 0 Å². The van der Waals surface area contributed by atoms with E-state index in [1.54, 1.807) is 0 Å². The molecule has 27 heavy (non-hydrogen) atoms. The summed E-state index contributed by atoms with van der Waals surface area (Å²) in [5, 5.41) is 6.60. The van der Waals surface area contributed by atoms with Crippen molar-refractivity contribution in [1.29, 1.82) is 0 Å². The monoisotopic (exact) mass is 499 g/mol. The summed E-state index contributed by atoms with van der Waals surface area (Å²) in [6.07, 6.45) is 0.714. The van der Waals surface area contributed by atoms with Crippen molar-refractivity contribution in [2.75, 3.05) is 23.4 Å². The molecule has 1 heterocycles. The van der Waals surface area contributed by atoms with Gasteiger partial charge >= 0.3 is 0 Å². The van der Waals surface area contributed by atoms with E-state index in [0.717, 1.165) is 11.3 Å². The summed E-state index contributed by atoms with van der Waals surface area (Å²) < 4.78 is 23.3. The third kappa shape index (κ3) is 7.14. The Morgan fingerprint density at radius 2 is 1.81 bits per heavy atom. The van der Waals surface area contributed by atoms with Crippen LogP contribution in [0.1, 0.15) is 17.5 Å². The van der Waals surface area contributed by atoms with E-state index in [9.17, 15) is 8.42 Å². The van der Waals surface area contributed by atoms with Crippen LogP contribution in [-0.4, -0.2) is 32.4 Å². The first-order valence-corrected chi connectivity index (χ1v) is 10.7. The van der Waals surface area contributed by atoms with E-state index in [4.69, 9.17) is 0 Å². The van der Waals surface area contributed by atoms with Gasteiger partial charge < -0.3 is 10.6 Å². The predicted molar refractivity (Wildman–Crippen MR) is 123 cm³/mol. The molecule has 1 saturated heterocycles. The summed E-state index contributed by atoms with van der Waals surface area (Å²) in [6, 6.07) is 18.1. The number of hydrogen-bond donors (Lipinski definition) is 2. The van der Waals surface area contributed by atoms with E-state index in [0.29, 0.717) is 31.2 Å². The van der Waals surface area contributed by atoms with Gasteiger partial charge in [0, 0.05) is 12.2 Å². The van der Waals surface area contributed by atoms with Crippen LogP contribution in [0.15, 0.2) is 59.6 Å². The molecule has 0 saturated carbocycles. The van der Waals surface area contributed by atoms with Gasteiger partial charge in [-0.2, -0.15) is 0 Å². The first-order chi connectivity index (χ1) is 12.5. The van der Waals surface area contributed by atoms with Gasteiger partial charge in [0.15, 0.2) is 15.8 Å². The number of aliphatic imine (C=N–C) groups is 1. The molecule has 1 atom stereocenters. The summed E-state index contributed by atoms with van der Waals surface area (Å²) in [7, 11) is -2.86. The highest BCUT2D eigenvalue weighted by Gasteiger charge is 2.27. The molecule has 146 valence electrons. The number of halogens is 1. The van der Waals surface area contributed by atoms with Crippen LogP contribution in [0.4, 0.5) is 5.69 Å². The van der Waals surface area contributed by atoms with Crippen LogP contribution in [0.5, 0.6) is 0 Å². The smallest absolute Gasteiger partial charge is 0.196 e. The predicted octanol–water partition coefficient (Wildman–Crippen LogP) is 3.61. The molecule has 1 aliphatic heterocycles. The fourth-order valence-electron chi connectivity index (χ4n) is 2.94. The van der Waals surface area contributed by atoms with Crippen molar-refractivity contribution in [3.8, 4) is 0 Å². The van der Waals surface area contributed by atoms with Gasteiger partial charge in [0.25, 0.3) is 0 Å². The number of hydrogen-bond acceptors (Lipinski definition) is 3. The van der Waals surface area contributed by atoms with E-state index in [2.05, 4.69) is 46.8 Å². The van der Waals surface area contributed by atoms with Crippen molar-refractivity contribution in [3.63, 3.8) is 0 Å². The van der Waals surface area contributed by atoms with Gasteiger partial charge in [-0.25, -0.2) is 13.4 Å². The summed E-state index contributed by atoms with van der Waals surface area (Å²) in [4.78, 5) is 4.66. The summed E-state index contributed by atoms with van der Waals surface area (Å²) in [5.74, 6) is 1.36. The van der Waals surface area contributed by atoms with Crippen molar-refractivity contribution >= 4 is 45.5 Å². The fraction of sp³-hybridized carbons (Fsp3) is 0.350. The first kappa shape index (κ1) is 21.7. The molecule has 2 aromatic carbocycles. The highest BCUT2D eigenvalue weighted by atomic mass is 127. The average Bonchev–Trinajstić information content (AvgIpc) is 2.98. The molecule has 1 unspecified atom stereocenters. The molecule has 1 aliphatic rings. The maximum atomic E-state index is 11.6. The largest absolute Gasteiger partial charge is 0.356 e. The highest BCUT2D eigenvalue weighted by Crippen LogP contribution is 2.17. The Morgan fingerprint density at radius 3 is 2.44 bits per heavy atom. The number of aryl methyl sites for hydroxylation is 1. The number of anilines is 1. The quantitative estimate of drug-likeness (QED) is 0.375. The number of rotatable bonds is 5. The number of para-hydroxylation sites is 1. The van der Waals surface area contributed by atoms with Gasteiger partial charge in [-0.3, -0.25) is 0 Å². The van der Waals surface area contributed by atoms with Crippen LogP contribution in [0, 0.1) is 12.8 Å². The van der Waals surface area contributed by atoms with Crippen LogP contribution in [0.2, 0.25) is 0 Å². The summed E-state index contributed by atoms with van der Waals surface area (Å²) >= 11 is 0. The van der Waals surface area contributed by atoms with Crippen LogP contribution >= 0.6 is 24.0 Å². The molecule has 0 radical (unpaired) electrons. The maximum Gasteiger partial charge on any atom is 0.196 e. The second-order valence-corrected chi connectivity index (χ2v) is 9.02. The van der Waals surface area contributed by atoms with Crippen molar-refractivity contribution in [1.82, 2.24) is 5.32 Å². The molecule has 2 N–H and O–H groups in total. The Labute approximate surface area is 178 Å². The molecular weight excluding hydrogens is 473 g/mol. The lowest BCUT2D eigenvalue weighted by Gasteiger charge is -2.15. The fourth-order valence-corrected chi connectivity index (χ4v) is 4.80. The van der Waals surface area contributed by atoms with Crippen molar-refractivity contribution in [2.45, 2.75) is 19.9 Å². The van der Waals surface area contributed by atoms with Crippen molar-refractivity contribution in [2.24, 2.45) is 10.9 Å². The Balaban J connectivity index is 0.00000261. The van der Waals surface area contributed by atoms with Gasteiger partial charge in [0.2, 0.25) is 0 Å². The van der Waals surface area contributed by atoms with Gasteiger partial charge in [0.05, 0.1) is 18.1 Å². The van der Waals surface area contributed by atoms with Gasteiger partial charge in [-0.15, -0.1) is 24.0 Å². The lowest BCUT2D eigenvalue weighted by molar-refractivity contribution is 0.572. The second-order valence-electron chi connectivity index (χ2n) is 6.79. The second kappa shape index (κ2) is 10.1. The molecule has 3 rings (SSSR count). The Bertz CT molecular complexity index is 853. The first-order valence-electron chi connectivity index (χ1n) is 8.86. The SMILES string of the molecule is Cc1ccc(CN=C(NCC2CCS(=O)(=O)C2)Nc2ccccc2)cc1.I. The molecule has 0 spiro atoms. The van der Waals surface area contributed by atoms with E-state index < -0.39 is 9.84 Å². The van der Waals surface area contributed by atoms with Crippen molar-refractivity contribution < 1.29 is 8.42 Å². The minimum absolute atomic E-state index is 0. The molecule has 0 amide bonds. The third-order valence-corrected chi connectivity index (χ3v) is 6.30. The average molecular weight is 499 g/mol. The van der Waals surface area contributed by atoms with Crippen LogP contribution in [0.25, 0.3) is 0 Å². The van der Waals surface area contributed by atoms with E-state index in [-0.39, 0.29) is 35.6 Å². The Morgan fingerprint density at radius 1 is 1.11 bits per heavy atom. The molecule has 7 heteroatoms. The van der Waals surface area contributed by atoms with E-state index in [1.807, 2.05) is 30.3 Å².